The Bertz CT molecular complexity index is 2430. The van der Waals surface area contributed by atoms with Crippen molar-refractivity contribution in [2.45, 2.75) is 82.8 Å². The predicted molar refractivity (Wildman–Crippen MR) is 229 cm³/mol. The number of nitrogens with one attached hydrogen (secondary N) is 4. The van der Waals surface area contributed by atoms with E-state index in [1.807, 2.05) is 55.1 Å². The van der Waals surface area contributed by atoms with E-state index in [-0.39, 0.29) is 29.8 Å². The van der Waals surface area contributed by atoms with Gasteiger partial charge in [0.05, 0.1) is 55.3 Å². The van der Waals surface area contributed by atoms with Crippen molar-refractivity contribution in [3.05, 3.63) is 83.6 Å². The van der Waals surface area contributed by atoms with Crippen LogP contribution >= 0.6 is 0 Å². The zero-order valence-electron chi connectivity index (χ0n) is 35.1. The van der Waals surface area contributed by atoms with E-state index >= 15 is 0 Å². The first-order chi connectivity index (χ1) is 29.6. The summed E-state index contributed by atoms with van der Waals surface area (Å²) >= 11 is 0. The maximum absolute atomic E-state index is 13.6. The predicted octanol–water partition coefficient (Wildman–Crippen LogP) is 6.16. The van der Waals surface area contributed by atoms with Crippen molar-refractivity contribution in [1.29, 1.82) is 0 Å². The van der Waals surface area contributed by atoms with Gasteiger partial charge in [-0.05, 0) is 91.6 Å². The van der Waals surface area contributed by atoms with Crippen LogP contribution in [0.25, 0.3) is 33.1 Å². The van der Waals surface area contributed by atoms with Crippen LogP contribution in [-0.4, -0.2) is 112 Å². The van der Waals surface area contributed by atoms with E-state index in [2.05, 4.69) is 55.6 Å². The molecule has 3 amide bonds. The highest BCUT2D eigenvalue weighted by molar-refractivity contribution is 6.04. The standard InChI is InChI=1S/C46H54N8O7/c1-27(2)38(51-45(57)59-3)43(55)53-21-5-7-36(53)41-47-26-35(49-41)30-14-11-28(12-15-30)9-10-29-13-17-33-32(25-29)16-18-34-40(33)50-42(48-34)37-8-6-22-54(37)44(56)39(52-46(58)60-4)31-19-23-61-24-20-31/h11-18,25-27,31,36-39,44,56H,5-8,19-24H2,1-4H3,(H,47,49)(H,48,50)(H,51,57)(H,52,58)/t36-,37-,38-,39-,44?/m0/s1. The largest absolute Gasteiger partial charge is 0.453 e. The fourth-order valence-corrected chi connectivity index (χ4v) is 9.10. The van der Waals surface area contributed by atoms with E-state index < -0.39 is 30.5 Å². The maximum atomic E-state index is 13.6. The number of fused-ring (bicyclic) bond motifs is 3. The minimum absolute atomic E-state index is 0.0643. The number of hydrogen-bond acceptors (Lipinski definition) is 10. The molecular weight excluding hydrogens is 777 g/mol. The number of aromatic nitrogens is 4. The molecule has 0 bridgehead atoms. The summed E-state index contributed by atoms with van der Waals surface area (Å²) < 4.78 is 15.2. The lowest BCUT2D eigenvalue weighted by atomic mass is 9.90. The Balaban J connectivity index is 0.947. The Labute approximate surface area is 354 Å². The van der Waals surface area contributed by atoms with Gasteiger partial charge in [0.15, 0.2) is 0 Å². The number of alkyl carbamates (subject to hydrolysis) is 2. The van der Waals surface area contributed by atoms with E-state index in [1.54, 1.807) is 11.1 Å². The molecule has 3 aliphatic rings. The van der Waals surface area contributed by atoms with Crippen LogP contribution in [0.15, 0.2) is 60.8 Å². The normalized spacial score (nSPS) is 20.0. The SMILES string of the molecule is COC(=O)N[C@@H](C1CCOCC1)C(O)N1CCC[C@H]1c1nc2ccc3cc(C#Cc4ccc(-c5cnc([C@@H]6CCCN6C(=O)[C@@H](NC(=O)OC)C(C)C)[nH]5)cc4)ccc3c2[nH]1. The van der Waals surface area contributed by atoms with Gasteiger partial charge in [0.1, 0.15) is 23.9 Å². The van der Waals surface area contributed by atoms with Crippen molar-refractivity contribution in [2.24, 2.45) is 11.8 Å². The third-order valence-corrected chi connectivity index (χ3v) is 12.4. The molecule has 0 radical (unpaired) electrons. The monoisotopic (exact) mass is 830 g/mol. The summed E-state index contributed by atoms with van der Waals surface area (Å²) in [6.07, 6.45) is 4.55. The first-order valence-electron chi connectivity index (χ1n) is 21.2. The van der Waals surface area contributed by atoms with E-state index in [0.717, 1.165) is 88.5 Å². The van der Waals surface area contributed by atoms with E-state index in [0.29, 0.717) is 32.1 Å². The van der Waals surface area contributed by atoms with Crippen molar-refractivity contribution < 1.29 is 33.7 Å². The number of likely N-dealkylation sites (tertiary alicyclic amines) is 2. The first kappa shape index (κ1) is 41.8. The molecule has 1 unspecified atom stereocenters. The average Bonchev–Trinajstić information content (AvgIpc) is 4.13. The Morgan fingerprint density at radius 2 is 1.56 bits per heavy atom. The summed E-state index contributed by atoms with van der Waals surface area (Å²) in [6, 6.07) is 16.7. The van der Waals surface area contributed by atoms with E-state index in [4.69, 9.17) is 19.2 Å². The number of carbonyl (C=O) groups excluding carboxylic acids is 3. The van der Waals surface area contributed by atoms with Gasteiger partial charge in [0, 0.05) is 42.8 Å². The summed E-state index contributed by atoms with van der Waals surface area (Å²) in [4.78, 5) is 58.4. The number of methoxy groups -OCH3 is 2. The molecule has 5 aromatic rings. The van der Waals surface area contributed by atoms with Gasteiger partial charge in [-0.2, -0.15) is 0 Å². The van der Waals surface area contributed by atoms with Crippen molar-refractivity contribution in [3.63, 3.8) is 0 Å². The van der Waals surface area contributed by atoms with Crippen LogP contribution in [0.5, 0.6) is 0 Å². The van der Waals surface area contributed by atoms with E-state index in [1.165, 1.54) is 14.2 Å². The van der Waals surface area contributed by atoms with Crippen LogP contribution in [0, 0.1) is 23.7 Å². The molecule has 5 atom stereocenters. The van der Waals surface area contributed by atoms with Crippen molar-refractivity contribution >= 4 is 39.9 Å². The molecule has 3 saturated heterocycles. The highest BCUT2D eigenvalue weighted by Gasteiger charge is 2.41. The highest BCUT2D eigenvalue weighted by atomic mass is 16.5. The van der Waals surface area contributed by atoms with Gasteiger partial charge in [-0.1, -0.05) is 50.0 Å². The van der Waals surface area contributed by atoms with Gasteiger partial charge in [-0.25, -0.2) is 19.6 Å². The number of aliphatic hydroxyl groups excluding tert-OH is 1. The second-order valence-corrected chi connectivity index (χ2v) is 16.5. The molecule has 5 N–H and O–H groups in total. The van der Waals surface area contributed by atoms with Gasteiger partial charge < -0.3 is 44.8 Å². The van der Waals surface area contributed by atoms with Crippen molar-refractivity contribution in [1.82, 2.24) is 40.4 Å². The summed E-state index contributed by atoms with van der Waals surface area (Å²) in [7, 11) is 2.63. The fourth-order valence-electron chi connectivity index (χ4n) is 9.10. The lowest BCUT2D eigenvalue weighted by Gasteiger charge is -2.39. The summed E-state index contributed by atoms with van der Waals surface area (Å²) in [6.45, 7) is 6.27. The number of rotatable bonds is 10. The number of amides is 3. The van der Waals surface area contributed by atoms with Gasteiger partial charge >= 0.3 is 12.2 Å². The molecule has 0 spiro atoms. The zero-order valence-corrected chi connectivity index (χ0v) is 35.1. The minimum atomic E-state index is -0.912. The maximum Gasteiger partial charge on any atom is 0.407 e. The number of benzene rings is 3. The Morgan fingerprint density at radius 3 is 2.31 bits per heavy atom. The number of carbonyl (C=O) groups is 3. The number of H-pyrrole nitrogens is 2. The van der Waals surface area contributed by atoms with Gasteiger partial charge in [-0.15, -0.1) is 0 Å². The summed E-state index contributed by atoms with van der Waals surface area (Å²) in [5.41, 5.74) is 5.33. The minimum Gasteiger partial charge on any atom is -0.453 e. The Kier molecular flexibility index (Phi) is 12.6. The van der Waals surface area contributed by atoms with E-state index in [9.17, 15) is 19.5 Å². The third kappa shape index (κ3) is 8.93. The average molecular weight is 831 g/mol. The number of hydrogen-bond donors (Lipinski definition) is 5. The molecule has 8 rings (SSSR count). The quantitative estimate of drug-likeness (QED) is 0.102. The molecule has 61 heavy (non-hydrogen) atoms. The van der Waals surface area contributed by atoms with Crippen LogP contribution in [0.2, 0.25) is 0 Å². The zero-order chi connectivity index (χ0) is 42.6. The molecule has 3 aromatic carbocycles. The van der Waals surface area contributed by atoms with Crippen LogP contribution in [0.4, 0.5) is 9.59 Å². The lowest BCUT2D eigenvalue weighted by Crippen LogP contribution is -2.56. The molecule has 15 heteroatoms. The number of aliphatic hydroxyl groups is 1. The van der Waals surface area contributed by atoms with Gasteiger partial charge in [0.25, 0.3) is 0 Å². The fraction of sp³-hybridized carbons (Fsp3) is 0.457. The molecule has 0 saturated carbocycles. The van der Waals surface area contributed by atoms with Gasteiger partial charge in [0.2, 0.25) is 5.91 Å². The molecular formula is C46H54N8O7. The first-order valence-corrected chi connectivity index (χ1v) is 21.2. The third-order valence-electron chi connectivity index (χ3n) is 12.4. The number of aromatic amines is 2. The molecule has 2 aromatic heterocycles. The van der Waals surface area contributed by atoms with Crippen LogP contribution in [-0.2, 0) is 19.0 Å². The molecule has 15 nitrogen and oxygen atoms in total. The van der Waals surface area contributed by atoms with Gasteiger partial charge in [-0.3, -0.25) is 9.69 Å². The van der Waals surface area contributed by atoms with Crippen molar-refractivity contribution in [2.75, 3.05) is 40.5 Å². The number of imidazole rings is 2. The number of nitrogens with zero attached hydrogens (tertiary/aromatic N) is 4. The molecule has 5 heterocycles. The van der Waals surface area contributed by atoms with Crippen LogP contribution < -0.4 is 10.6 Å². The lowest BCUT2D eigenvalue weighted by molar-refractivity contribution is -0.135. The molecule has 3 aliphatic heterocycles. The Morgan fingerprint density at radius 1 is 0.852 bits per heavy atom. The molecule has 0 aliphatic carbocycles. The van der Waals surface area contributed by atoms with Crippen molar-refractivity contribution in [3.8, 4) is 23.1 Å². The number of ether oxygens (including phenoxy) is 3. The van der Waals surface area contributed by atoms with Crippen LogP contribution in [0.1, 0.15) is 87.2 Å². The summed E-state index contributed by atoms with van der Waals surface area (Å²) in [5, 5.41) is 19.4. The Hall–Kier alpha value is -5.95. The second-order valence-electron chi connectivity index (χ2n) is 16.5. The second kappa shape index (κ2) is 18.3. The van der Waals surface area contributed by atoms with Crippen LogP contribution in [0.3, 0.4) is 0 Å². The summed E-state index contributed by atoms with van der Waals surface area (Å²) in [5.74, 6) is 7.95. The topological polar surface area (TPSA) is 187 Å². The molecule has 3 fully saturated rings. The smallest absolute Gasteiger partial charge is 0.407 e. The highest BCUT2D eigenvalue weighted by Crippen LogP contribution is 2.37. The molecule has 320 valence electrons.